The molecule has 5 bridgehead atoms. The van der Waals surface area contributed by atoms with Gasteiger partial charge < -0.3 is 4.90 Å². The van der Waals surface area contributed by atoms with Crippen molar-refractivity contribution in [3.8, 4) is 22.3 Å². The summed E-state index contributed by atoms with van der Waals surface area (Å²) < 4.78 is 0. The van der Waals surface area contributed by atoms with Crippen LogP contribution in [-0.4, -0.2) is 0 Å². The number of fused-ring (bicyclic) bond motifs is 4. The average Bonchev–Trinajstić information content (AvgIpc) is 3.47. The third-order valence-corrected chi connectivity index (χ3v) is 17.0. The zero-order valence-electron chi connectivity index (χ0n) is 36.3. The van der Waals surface area contributed by atoms with Crippen LogP contribution in [0.5, 0.6) is 0 Å². The van der Waals surface area contributed by atoms with Crippen molar-refractivity contribution in [3.63, 3.8) is 0 Å². The minimum Gasteiger partial charge on any atom is -0.310 e. The Morgan fingerprint density at radius 1 is 0.544 bits per heavy atom. The fourth-order valence-corrected chi connectivity index (χ4v) is 14.3. The van der Waals surface area contributed by atoms with E-state index >= 15 is 0 Å². The number of para-hydroxylation sites is 1. The standard InChI is InChI=1S/C56H63N/c1-51(2,3)37-26-35(27-38(28-37)52(4,5)6)42-30-43-41-18-14-15-19-44(41)56(48-25-34-24-36-33-55(56,32-34)50(36)48)46(43)31-49(42)57(39-16-12-11-13-17-39)40-20-21-45-47(29-40)54(9,10)23-22-53(45,7)8/h11-21,26-31,34,36,48,50H,22-25,32-33H2,1-10H3. The Morgan fingerprint density at radius 3 is 1.86 bits per heavy atom. The van der Waals surface area contributed by atoms with Gasteiger partial charge in [0.05, 0.1) is 5.69 Å². The fraction of sp³-hybridized carbons (Fsp3) is 0.464. The maximum absolute atomic E-state index is 2.76. The monoisotopic (exact) mass is 749 g/mol. The molecular formula is C56H63N. The Kier molecular flexibility index (Phi) is 7.16. The molecule has 9 aliphatic carbocycles. The van der Waals surface area contributed by atoms with Gasteiger partial charge in [0, 0.05) is 22.4 Å². The number of anilines is 3. The molecule has 7 saturated carbocycles. The van der Waals surface area contributed by atoms with Gasteiger partial charge >= 0.3 is 0 Å². The highest BCUT2D eigenvalue weighted by molar-refractivity contribution is 5.96. The van der Waals surface area contributed by atoms with E-state index in [4.69, 9.17) is 0 Å². The van der Waals surface area contributed by atoms with Gasteiger partial charge in [0.25, 0.3) is 0 Å². The van der Waals surface area contributed by atoms with Crippen molar-refractivity contribution in [1.82, 2.24) is 0 Å². The second kappa shape index (κ2) is 11.3. The Morgan fingerprint density at radius 2 is 1.21 bits per heavy atom. The summed E-state index contributed by atoms with van der Waals surface area (Å²) in [7, 11) is 0. The van der Waals surface area contributed by atoms with Gasteiger partial charge in [0.2, 0.25) is 0 Å². The molecule has 292 valence electrons. The van der Waals surface area contributed by atoms with Crippen LogP contribution in [0.3, 0.4) is 0 Å². The first-order valence-electron chi connectivity index (χ1n) is 22.4. The van der Waals surface area contributed by atoms with E-state index in [1.54, 1.807) is 11.1 Å². The molecule has 5 aromatic carbocycles. The molecule has 57 heavy (non-hydrogen) atoms. The molecule has 5 aromatic rings. The summed E-state index contributed by atoms with van der Waals surface area (Å²) in [5, 5.41) is 0. The van der Waals surface area contributed by atoms with Crippen LogP contribution in [0.25, 0.3) is 22.3 Å². The van der Waals surface area contributed by atoms with Crippen molar-refractivity contribution < 1.29 is 0 Å². The van der Waals surface area contributed by atoms with E-state index in [1.165, 1.54) is 100 Å². The van der Waals surface area contributed by atoms with Crippen LogP contribution < -0.4 is 4.90 Å². The lowest BCUT2D eigenvalue weighted by Crippen LogP contribution is -2.81. The SMILES string of the molecule is CC(C)(C)c1cc(-c2cc3c(cc2N(c2ccccc2)c2ccc4c(c2)C(C)(C)CCC4(C)C)C2(c4ccccc4-3)C3CC4CC5CC2(C4)C53)cc(C(C)(C)C)c1. The summed E-state index contributed by atoms with van der Waals surface area (Å²) >= 11 is 0. The van der Waals surface area contributed by atoms with E-state index < -0.39 is 0 Å². The highest BCUT2D eigenvalue weighted by atomic mass is 15.1. The lowest BCUT2D eigenvalue weighted by Gasteiger charge is -2.85. The molecule has 0 heterocycles. The zero-order chi connectivity index (χ0) is 39.7. The van der Waals surface area contributed by atoms with Gasteiger partial charge in [0.1, 0.15) is 0 Å². The molecular weight excluding hydrogens is 687 g/mol. The molecule has 0 aliphatic heterocycles. The predicted molar refractivity (Wildman–Crippen MR) is 240 cm³/mol. The molecule has 9 aliphatic rings. The highest BCUT2D eigenvalue weighted by Gasteiger charge is 2.84. The lowest BCUT2D eigenvalue weighted by atomic mass is 9.18. The molecule has 0 N–H and O–H groups in total. The maximum atomic E-state index is 2.76. The van der Waals surface area contributed by atoms with Gasteiger partial charge in [-0.15, -0.1) is 0 Å². The van der Waals surface area contributed by atoms with Gasteiger partial charge in [-0.1, -0.05) is 136 Å². The van der Waals surface area contributed by atoms with Crippen molar-refractivity contribution in [2.75, 3.05) is 4.90 Å². The Hall–Kier alpha value is -4.10. The second-order valence-corrected chi connectivity index (χ2v) is 23.0. The van der Waals surface area contributed by atoms with Crippen LogP contribution in [0.15, 0.2) is 103 Å². The van der Waals surface area contributed by atoms with E-state index in [-0.39, 0.29) is 27.1 Å². The van der Waals surface area contributed by atoms with Crippen LogP contribution in [0.1, 0.15) is 141 Å². The molecule has 7 fully saturated rings. The Balaban J connectivity index is 1.23. The van der Waals surface area contributed by atoms with Crippen LogP contribution in [-0.2, 0) is 27.1 Å². The van der Waals surface area contributed by atoms with Crippen LogP contribution >= 0.6 is 0 Å². The molecule has 0 amide bonds. The second-order valence-electron chi connectivity index (χ2n) is 23.0. The van der Waals surface area contributed by atoms with Gasteiger partial charge in [-0.2, -0.15) is 0 Å². The fourth-order valence-electron chi connectivity index (χ4n) is 14.3. The molecule has 0 radical (unpaired) electrons. The van der Waals surface area contributed by atoms with Gasteiger partial charge in [-0.3, -0.25) is 0 Å². The Bertz CT molecular complexity index is 2450. The van der Waals surface area contributed by atoms with Crippen molar-refractivity contribution in [1.29, 1.82) is 0 Å². The molecule has 2 spiro atoms. The van der Waals surface area contributed by atoms with E-state index in [0.717, 1.165) is 23.7 Å². The van der Waals surface area contributed by atoms with E-state index in [9.17, 15) is 0 Å². The van der Waals surface area contributed by atoms with Crippen LogP contribution in [0, 0.1) is 29.1 Å². The minimum atomic E-state index is 0.0160. The van der Waals surface area contributed by atoms with Crippen molar-refractivity contribution in [2.45, 2.75) is 135 Å². The minimum absolute atomic E-state index is 0.0160. The largest absolute Gasteiger partial charge is 0.310 e. The summed E-state index contributed by atoms with van der Waals surface area (Å²) in [4.78, 5) is 2.66. The Labute approximate surface area is 343 Å². The topological polar surface area (TPSA) is 3.24 Å². The molecule has 1 heteroatoms. The third kappa shape index (κ3) is 4.70. The number of hydrogen-bond acceptors (Lipinski definition) is 1. The van der Waals surface area contributed by atoms with Crippen molar-refractivity contribution in [3.05, 3.63) is 137 Å². The number of nitrogens with zero attached hydrogens (tertiary/aromatic N) is 1. The smallest absolute Gasteiger partial charge is 0.0543 e. The molecule has 6 atom stereocenters. The van der Waals surface area contributed by atoms with Crippen LogP contribution in [0.4, 0.5) is 17.1 Å². The average molecular weight is 750 g/mol. The normalized spacial score (nSPS) is 29.2. The summed E-state index contributed by atoms with van der Waals surface area (Å²) in [6, 6.07) is 41.5. The molecule has 1 nitrogen and oxygen atoms in total. The van der Waals surface area contributed by atoms with E-state index in [1.807, 2.05) is 0 Å². The number of rotatable bonds is 4. The first kappa shape index (κ1) is 36.0. The molecule has 0 aromatic heterocycles. The number of benzene rings is 5. The maximum Gasteiger partial charge on any atom is 0.0543 e. The summed E-state index contributed by atoms with van der Waals surface area (Å²) in [6.45, 7) is 24.1. The first-order chi connectivity index (χ1) is 26.9. The summed E-state index contributed by atoms with van der Waals surface area (Å²) in [5.41, 5.74) is 19.5. The third-order valence-electron chi connectivity index (χ3n) is 17.0. The van der Waals surface area contributed by atoms with Gasteiger partial charge in [-0.25, -0.2) is 0 Å². The summed E-state index contributed by atoms with van der Waals surface area (Å²) in [6.07, 6.45) is 8.18. The van der Waals surface area contributed by atoms with E-state index in [0.29, 0.717) is 5.41 Å². The quantitative estimate of drug-likeness (QED) is 0.177. The van der Waals surface area contributed by atoms with Crippen LogP contribution in [0.2, 0.25) is 0 Å². The highest BCUT2D eigenvalue weighted by Crippen LogP contribution is 2.89. The zero-order valence-corrected chi connectivity index (χ0v) is 36.3. The molecule has 0 saturated heterocycles. The summed E-state index contributed by atoms with van der Waals surface area (Å²) in [5.74, 6) is 3.57. The molecule has 14 rings (SSSR count). The van der Waals surface area contributed by atoms with Crippen molar-refractivity contribution in [2.24, 2.45) is 29.1 Å². The van der Waals surface area contributed by atoms with Crippen molar-refractivity contribution >= 4 is 17.1 Å². The number of hydrogen-bond donors (Lipinski definition) is 0. The van der Waals surface area contributed by atoms with Gasteiger partial charge in [0.15, 0.2) is 0 Å². The molecule has 6 unspecified atom stereocenters. The van der Waals surface area contributed by atoms with E-state index in [2.05, 4.69) is 177 Å². The predicted octanol–water partition coefficient (Wildman–Crippen LogP) is 15.1. The van der Waals surface area contributed by atoms with Gasteiger partial charge in [-0.05, 0) is 176 Å². The lowest BCUT2D eigenvalue weighted by molar-refractivity contribution is -0.327. The first-order valence-corrected chi connectivity index (χ1v) is 22.4.